The van der Waals surface area contributed by atoms with Crippen LogP contribution < -0.4 is 11.5 Å². The number of benzene rings is 1. The van der Waals surface area contributed by atoms with E-state index in [0.717, 1.165) is 0 Å². The van der Waals surface area contributed by atoms with E-state index in [0.29, 0.717) is 0 Å². The Balaban J connectivity index is 0.00000289. The van der Waals surface area contributed by atoms with Crippen LogP contribution >= 0.6 is 12.4 Å². The number of carbonyl (C=O) groups is 1. The second kappa shape index (κ2) is 5.08. The first-order valence-corrected chi connectivity index (χ1v) is 3.20. The van der Waals surface area contributed by atoms with Gasteiger partial charge < -0.3 is 16.6 Å². The summed E-state index contributed by atoms with van der Waals surface area (Å²) in [5, 5.41) is 8.78. The molecule has 0 atom stereocenters. The van der Waals surface area contributed by atoms with Crippen molar-refractivity contribution in [1.82, 2.24) is 0 Å². The standard InChI is InChI=1S/C8H9N3O2.ClH/c9-8(10)11-6-3-1-5(2-4-6)7(12)13;/h1-4H,(H,12,13)(H4,9,10,11);1H/i1D,2D,3D,4D;. The molecule has 0 heterocycles. The maximum atomic E-state index is 10.8. The number of nitrogens with zero attached hydrogens (tertiary/aromatic N) is 1. The van der Waals surface area contributed by atoms with Crippen molar-refractivity contribution in [3.05, 3.63) is 29.7 Å². The zero-order chi connectivity index (χ0) is 13.3. The fourth-order valence-electron chi connectivity index (χ4n) is 0.598. The quantitative estimate of drug-likeness (QED) is 0.504. The van der Waals surface area contributed by atoms with Gasteiger partial charge in [0.1, 0.15) is 0 Å². The number of carboxylic acid groups (broad SMARTS) is 1. The number of hydrogen-bond donors (Lipinski definition) is 3. The first kappa shape index (κ1) is 6.67. The van der Waals surface area contributed by atoms with Crippen LogP contribution in [0.15, 0.2) is 29.2 Å². The molecule has 0 bridgehead atoms. The third-order valence-electron chi connectivity index (χ3n) is 1.07. The molecule has 0 aliphatic carbocycles. The molecule has 0 unspecified atom stereocenters. The number of halogens is 1. The Kier molecular flexibility index (Phi) is 2.42. The number of carboxylic acids is 1. The van der Waals surface area contributed by atoms with Gasteiger partial charge in [-0.3, -0.25) is 0 Å². The highest BCUT2D eigenvalue weighted by atomic mass is 35.5. The van der Waals surface area contributed by atoms with Crippen molar-refractivity contribution >= 4 is 30.0 Å². The molecule has 0 saturated heterocycles. The molecule has 1 aromatic rings. The molecule has 5 nitrogen and oxygen atoms in total. The van der Waals surface area contributed by atoms with Crippen LogP contribution in [-0.2, 0) is 0 Å². The highest BCUT2D eigenvalue weighted by Crippen LogP contribution is 2.12. The summed E-state index contributed by atoms with van der Waals surface area (Å²) in [7, 11) is 0. The van der Waals surface area contributed by atoms with Crippen molar-refractivity contribution in [3.63, 3.8) is 0 Å². The third-order valence-corrected chi connectivity index (χ3v) is 1.07. The first-order chi connectivity index (χ1) is 7.77. The second-order valence-corrected chi connectivity index (χ2v) is 2.07. The number of rotatable bonds is 2. The molecule has 1 aromatic carbocycles. The summed E-state index contributed by atoms with van der Waals surface area (Å²) in [5.41, 5.74) is 9.07. The molecule has 0 amide bonds. The summed E-state index contributed by atoms with van der Waals surface area (Å²) >= 11 is 0. The van der Waals surface area contributed by atoms with E-state index in [1.165, 1.54) is 0 Å². The summed E-state index contributed by atoms with van der Waals surface area (Å²) in [5.74, 6) is -1.98. The van der Waals surface area contributed by atoms with Gasteiger partial charge in [-0.05, 0) is 24.2 Å². The highest BCUT2D eigenvalue weighted by Gasteiger charge is 2.00. The summed E-state index contributed by atoms with van der Waals surface area (Å²) < 4.78 is 29.8. The van der Waals surface area contributed by atoms with Gasteiger partial charge in [-0.25, -0.2) is 9.79 Å². The molecule has 5 N–H and O–H groups in total. The smallest absolute Gasteiger partial charge is 0.335 e. The van der Waals surface area contributed by atoms with Crippen LogP contribution in [0, 0.1) is 0 Å². The van der Waals surface area contributed by atoms with Crippen molar-refractivity contribution in [1.29, 1.82) is 0 Å². The van der Waals surface area contributed by atoms with Gasteiger partial charge in [0, 0.05) is 0 Å². The Labute approximate surface area is 92.5 Å². The summed E-state index contributed by atoms with van der Waals surface area (Å²) in [6.07, 6.45) is 0. The van der Waals surface area contributed by atoms with Crippen molar-refractivity contribution < 1.29 is 15.4 Å². The molecule has 0 aromatic heterocycles. The molecular weight excluding hydrogens is 206 g/mol. The fraction of sp³-hybridized carbons (Fsp3) is 0. The lowest BCUT2D eigenvalue weighted by molar-refractivity contribution is 0.0697. The molecular formula is C8H10ClN3O2. The average Bonchev–Trinajstić information content (AvgIpc) is 2.21. The maximum absolute atomic E-state index is 10.8. The van der Waals surface area contributed by atoms with Crippen LogP contribution in [0.2, 0.25) is 0 Å². The molecule has 14 heavy (non-hydrogen) atoms. The number of aliphatic imine (C=N–C) groups is 1. The van der Waals surface area contributed by atoms with Crippen molar-refractivity contribution in [3.8, 4) is 0 Å². The lowest BCUT2D eigenvalue weighted by Gasteiger charge is -1.95. The van der Waals surface area contributed by atoms with E-state index in [-0.39, 0.29) is 18.1 Å². The van der Waals surface area contributed by atoms with E-state index in [9.17, 15) is 4.79 Å². The SMILES string of the molecule is Cl.[2H]c1c([2H])c(C(=O)O)c([2H])c([2H])c1N=C(N)N. The minimum absolute atomic E-state index is 0. The Morgan fingerprint density at radius 3 is 2.21 bits per heavy atom. The molecule has 0 saturated carbocycles. The van der Waals surface area contributed by atoms with E-state index in [4.69, 9.17) is 22.1 Å². The third kappa shape index (κ3) is 3.32. The van der Waals surface area contributed by atoms with E-state index >= 15 is 0 Å². The topological polar surface area (TPSA) is 102 Å². The number of nitrogens with two attached hydrogens (primary N) is 2. The highest BCUT2D eigenvalue weighted by molar-refractivity contribution is 5.88. The lowest BCUT2D eigenvalue weighted by Crippen LogP contribution is -2.21. The molecule has 1 rings (SSSR count). The molecule has 0 aliphatic rings. The van der Waals surface area contributed by atoms with Gasteiger partial charge in [0.25, 0.3) is 0 Å². The van der Waals surface area contributed by atoms with Crippen LogP contribution in [-0.4, -0.2) is 17.0 Å². The van der Waals surface area contributed by atoms with Crippen molar-refractivity contribution in [2.45, 2.75) is 0 Å². The molecule has 0 spiro atoms. The van der Waals surface area contributed by atoms with Crippen molar-refractivity contribution in [2.24, 2.45) is 16.5 Å². The van der Waals surface area contributed by atoms with Gasteiger partial charge in [0.05, 0.1) is 16.7 Å². The van der Waals surface area contributed by atoms with Crippen LogP contribution in [0.25, 0.3) is 0 Å². The maximum Gasteiger partial charge on any atom is 0.335 e. The molecule has 0 aliphatic heterocycles. The Morgan fingerprint density at radius 2 is 1.86 bits per heavy atom. The Bertz CT molecular complexity index is 503. The van der Waals surface area contributed by atoms with E-state index < -0.39 is 41.7 Å². The molecule has 0 radical (unpaired) electrons. The lowest BCUT2D eigenvalue weighted by atomic mass is 10.2. The van der Waals surface area contributed by atoms with Crippen LogP contribution in [0.4, 0.5) is 5.69 Å². The normalized spacial score (nSPS) is 12.6. The minimum Gasteiger partial charge on any atom is -0.478 e. The van der Waals surface area contributed by atoms with Crippen LogP contribution in [0.3, 0.4) is 0 Å². The predicted octanol–water partition coefficient (Wildman–Crippen LogP) is 0.712. The van der Waals surface area contributed by atoms with Gasteiger partial charge in [0.15, 0.2) is 5.96 Å². The predicted molar refractivity (Wildman–Crippen MR) is 56.1 cm³/mol. The first-order valence-electron chi connectivity index (χ1n) is 5.20. The van der Waals surface area contributed by atoms with E-state index in [1.807, 2.05) is 0 Å². The minimum atomic E-state index is -1.54. The molecule has 0 fully saturated rings. The average molecular weight is 220 g/mol. The zero-order valence-electron chi connectivity index (χ0n) is 10.9. The van der Waals surface area contributed by atoms with Crippen LogP contribution in [0.5, 0.6) is 0 Å². The molecule has 76 valence electrons. The van der Waals surface area contributed by atoms with Gasteiger partial charge in [0.2, 0.25) is 0 Å². The molecule has 6 heteroatoms. The van der Waals surface area contributed by atoms with E-state index in [1.54, 1.807) is 0 Å². The number of guanidine groups is 1. The number of aromatic carboxylic acids is 1. The monoisotopic (exact) mass is 219 g/mol. The van der Waals surface area contributed by atoms with Gasteiger partial charge in [-0.1, -0.05) is 0 Å². The number of hydrogen-bond acceptors (Lipinski definition) is 2. The Hall–Kier alpha value is -1.75. The zero-order valence-corrected chi connectivity index (χ0v) is 7.68. The van der Waals surface area contributed by atoms with Crippen molar-refractivity contribution in [2.75, 3.05) is 0 Å². The largest absolute Gasteiger partial charge is 0.478 e. The van der Waals surface area contributed by atoms with Crippen LogP contribution in [0.1, 0.15) is 15.8 Å². The van der Waals surface area contributed by atoms with Gasteiger partial charge in [-0.2, -0.15) is 0 Å². The Morgan fingerprint density at radius 1 is 1.36 bits per heavy atom. The van der Waals surface area contributed by atoms with Gasteiger partial charge >= 0.3 is 5.97 Å². The fourth-order valence-corrected chi connectivity index (χ4v) is 0.598. The second-order valence-electron chi connectivity index (χ2n) is 2.07. The van der Waals surface area contributed by atoms with E-state index in [2.05, 4.69) is 4.99 Å². The summed E-state index contributed by atoms with van der Waals surface area (Å²) in [4.78, 5) is 14.2. The van der Waals surface area contributed by atoms with Gasteiger partial charge in [-0.15, -0.1) is 12.4 Å². The summed E-state index contributed by atoms with van der Waals surface area (Å²) in [6, 6.07) is -2.59. The summed E-state index contributed by atoms with van der Waals surface area (Å²) in [6.45, 7) is 0.